The third-order valence-electron chi connectivity index (χ3n) is 5.31. The van der Waals surface area contributed by atoms with Crippen molar-refractivity contribution >= 4 is 27.5 Å². The van der Waals surface area contributed by atoms with E-state index in [-0.39, 0.29) is 17.5 Å². The van der Waals surface area contributed by atoms with Gasteiger partial charge in [-0.15, -0.1) is 0 Å². The molecule has 0 heterocycles. The van der Waals surface area contributed by atoms with Crippen molar-refractivity contribution in [2.24, 2.45) is 0 Å². The van der Waals surface area contributed by atoms with Crippen LogP contribution in [0, 0.1) is 0 Å². The highest BCUT2D eigenvalue weighted by Crippen LogP contribution is 2.34. The Morgan fingerprint density at radius 1 is 0.833 bits per heavy atom. The molecule has 1 unspecified atom stereocenters. The number of rotatable bonds is 6. The van der Waals surface area contributed by atoms with Crippen molar-refractivity contribution in [2.45, 2.75) is 18.8 Å². The average molecular weight is 457 g/mol. The van der Waals surface area contributed by atoms with Gasteiger partial charge in [-0.3, -0.25) is 9.59 Å². The number of Topliss-reactive ketones (excluding diaryl/α,β-unsaturated/α-hetero) is 1. The number of benzene rings is 3. The molecule has 0 aromatic heterocycles. The minimum absolute atomic E-state index is 0.0618. The summed E-state index contributed by atoms with van der Waals surface area (Å²) in [6.07, 6.45) is 6.42. The third kappa shape index (κ3) is 4.74. The van der Waals surface area contributed by atoms with Gasteiger partial charge in [-0.1, -0.05) is 94.8 Å². The van der Waals surface area contributed by atoms with Crippen molar-refractivity contribution in [2.75, 3.05) is 0 Å². The number of halogens is 1. The highest BCUT2D eigenvalue weighted by atomic mass is 79.9. The lowest BCUT2D eigenvalue weighted by Gasteiger charge is -2.21. The highest BCUT2D eigenvalue weighted by molar-refractivity contribution is 9.10. The van der Waals surface area contributed by atoms with Gasteiger partial charge in [0.05, 0.1) is 0 Å². The van der Waals surface area contributed by atoms with Crippen LogP contribution in [0.2, 0.25) is 0 Å². The summed E-state index contributed by atoms with van der Waals surface area (Å²) < 4.78 is 0.961. The molecule has 0 radical (unpaired) electrons. The second-order valence-electron chi connectivity index (χ2n) is 7.40. The zero-order valence-electron chi connectivity index (χ0n) is 16.4. The van der Waals surface area contributed by atoms with E-state index in [1.54, 1.807) is 6.08 Å². The van der Waals surface area contributed by atoms with E-state index in [4.69, 9.17) is 0 Å². The summed E-state index contributed by atoms with van der Waals surface area (Å²) in [6.45, 7) is 0. The predicted molar refractivity (Wildman–Crippen MR) is 124 cm³/mol. The summed E-state index contributed by atoms with van der Waals surface area (Å²) in [5.41, 5.74) is 5.15. The number of allylic oxidation sites excluding steroid dienone is 4. The standard InChI is InChI=1S/C27H21BrO2/c28-24-14-10-20(11-15-24)26(30)18-19-6-8-22(9-7-19)27(21-4-2-1-3-5-21)23-12-16-25(29)17-13-23/h1-16,27H,17-18H2. The molecule has 0 spiro atoms. The van der Waals surface area contributed by atoms with Crippen LogP contribution in [-0.2, 0) is 11.2 Å². The van der Waals surface area contributed by atoms with E-state index in [0.717, 1.165) is 21.2 Å². The fourth-order valence-corrected chi connectivity index (χ4v) is 4.00. The molecule has 4 rings (SSSR count). The second-order valence-corrected chi connectivity index (χ2v) is 8.32. The summed E-state index contributed by atoms with van der Waals surface area (Å²) in [5, 5.41) is 0. The molecule has 3 aromatic rings. The Hall–Kier alpha value is -3.04. The number of carbonyl (C=O) groups excluding carboxylic acids is 2. The Morgan fingerprint density at radius 3 is 2.13 bits per heavy atom. The van der Waals surface area contributed by atoms with Crippen molar-refractivity contribution in [1.29, 1.82) is 0 Å². The number of carbonyl (C=O) groups is 2. The summed E-state index contributed by atoms with van der Waals surface area (Å²) in [7, 11) is 0. The van der Waals surface area contributed by atoms with Crippen molar-refractivity contribution in [3.8, 4) is 0 Å². The molecular weight excluding hydrogens is 436 g/mol. The quantitative estimate of drug-likeness (QED) is 0.398. The molecule has 30 heavy (non-hydrogen) atoms. The van der Waals surface area contributed by atoms with E-state index in [1.165, 1.54) is 5.56 Å². The molecule has 2 nitrogen and oxygen atoms in total. The molecule has 1 atom stereocenters. The molecule has 0 fully saturated rings. The van der Waals surface area contributed by atoms with E-state index in [9.17, 15) is 9.59 Å². The number of ketones is 2. The van der Waals surface area contributed by atoms with Gasteiger partial charge in [-0.2, -0.15) is 0 Å². The van der Waals surface area contributed by atoms with Crippen LogP contribution in [0.1, 0.15) is 39.4 Å². The lowest BCUT2D eigenvalue weighted by atomic mass is 9.82. The zero-order chi connectivity index (χ0) is 20.9. The van der Waals surface area contributed by atoms with Crippen LogP contribution in [0.3, 0.4) is 0 Å². The molecular formula is C27H21BrO2. The first-order valence-electron chi connectivity index (χ1n) is 9.93. The van der Waals surface area contributed by atoms with Crippen LogP contribution < -0.4 is 0 Å². The number of hydrogen-bond donors (Lipinski definition) is 0. The van der Waals surface area contributed by atoms with Gasteiger partial charge in [0.2, 0.25) is 0 Å². The summed E-state index contributed by atoms with van der Waals surface area (Å²) in [4.78, 5) is 24.2. The first-order chi connectivity index (χ1) is 14.6. The van der Waals surface area contributed by atoms with Crippen molar-refractivity contribution in [1.82, 2.24) is 0 Å². The fourth-order valence-electron chi connectivity index (χ4n) is 3.73. The van der Waals surface area contributed by atoms with Gasteiger partial charge < -0.3 is 0 Å². The normalized spacial score (nSPS) is 14.3. The first kappa shape index (κ1) is 20.2. The molecule has 0 bridgehead atoms. The monoisotopic (exact) mass is 456 g/mol. The molecule has 0 saturated carbocycles. The molecule has 3 heteroatoms. The number of hydrogen-bond acceptors (Lipinski definition) is 2. The maximum atomic E-state index is 12.6. The van der Waals surface area contributed by atoms with Gasteiger partial charge in [-0.05, 0) is 40.5 Å². The van der Waals surface area contributed by atoms with Crippen LogP contribution in [0.4, 0.5) is 0 Å². The molecule has 3 aromatic carbocycles. The van der Waals surface area contributed by atoms with Gasteiger partial charge in [0.25, 0.3) is 0 Å². The van der Waals surface area contributed by atoms with Gasteiger partial charge in [0, 0.05) is 28.8 Å². The van der Waals surface area contributed by atoms with Gasteiger partial charge in [0.1, 0.15) is 0 Å². The summed E-state index contributed by atoms with van der Waals surface area (Å²) in [6, 6.07) is 26.0. The van der Waals surface area contributed by atoms with Gasteiger partial charge >= 0.3 is 0 Å². The van der Waals surface area contributed by atoms with Crippen molar-refractivity contribution < 1.29 is 9.59 Å². The topological polar surface area (TPSA) is 34.1 Å². The SMILES string of the molecule is O=C1C=CC(C(c2ccccc2)c2ccc(CC(=O)c3ccc(Br)cc3)cc2)=CC1. The molecule has 0 amide bonds. The van der Waals surface area contributed by atoms with Crippen LogP contribution in [0.5, 0.6) is 0 Å². The van der Waals surface area contributed by atoms with E-state index >= 15 is 0 Å². The Balaban J connectivity index is 1.58. The molecule has 1 aliphatic rings. The second kappa shape index (κ2) is 9.19. The molecule has 0 N–H and O–H groups in total. The smallest absolute Gasteiger partial charge is 0.167 e. The highest BCUT2D eigenvalue weighted by Gasteiger charge is 2.19. The zero-order valence-corrected chi connectivity index (χ0v) is 18.0. The largest absolute Gasteiger partial charge is 0.295 e. The van der Waals surface area contributed by atoms with Crippen LogP contribution in [0.15, 0.2) is 107 Å². The van der Waals surface area contributed by atoms with Crippen molar-refractivity contribution in [3.05, 3.63) is 129 Å². The van der Waals surface area contributed by atoms with Crippen LogP contribution >= 0.6 is 15.9 Å². The van der Waals surface area contributed by atoms with Gasteiger partial charge in [0.15, 0.2) is 11.6 Å². The third-order valence-corrected chi connectivity index (χ3v) is 5.84. The Labute approximate surface area is 185 Å². The van der Waals surface area contributed by atoms with Gasteiger partial charge in [-0.25, -0.2) is 0 Å². The lowest BCUT2D eigenvalue weighted by Crippen LogP contribution is -2.08. The molecule has 148 valence electrons. The Kier molecular flexibility index (Phi) is 6.20. The van der Waals surface area contributed by atoms with E-state index in [2.05, 4.69) is 40.2 Å². The first-order valence-corrected chi connectivity index (χ1v) is 10.7. The molecule has 1 aliphatic carbocycles. The lowest BCUT2D eigenvalue weighted by molar-refractivity contribution is -0.113. The van der Waals surface area contributed by atoms with E-state index in [0.29, 0.717) is 18.4 Å². The summed E-state index contributed by atoms with van der Waals surface area (Å²) in [5.74, 6) is 0.297. The maximum absolute atomic E-state index is 12.6. The minimum Gasteiger partial charge on any atom is -0.295 e. The van der Waals surface area contributed by atoms with Crippen LogP contribution in [0.25, 0.3) is 0 Å². The minimum atomic E-state index is 0.0618. The average Bonchev–Trinajstić information content (AvgIpc) is 2.78. The Morgan fingerprint density at radius 2 is 1.50 bits per heavy atom. The Bertz CT molecular complexity index is 1110. The molecule has 0 saturated heterocycles. The summed E-state index contributed by atoms with van der Waals surface area (Å²) >= 11 is 3.40. The van der Waals surface area contributed by atoms with E-state index in [1.807, 2.05) is 66.7 Å². The van der Waals surface area contributed by atoms with Crippen LogP contribution in [-0.4, -0.2) is 11.6 Å². The maximum Gasteiger partial charge on any atom is 0.167 e. The van der Waals surface area contributed by atoms with Crippen molar-refractivity contribution in [3.63, 3.8) is 0 Å². The molecule has 0 aliphatic heterocycles. The predicted octanol–water partition coefficient (Wildman–Crippen LogP) is 6.46. The fraction of sp³-hybridized carbons (Fsp3) is 0.111. The van der Waals surface area contributed by atoms with E-state index < -0.39 is 0 Å².